The summed E-state index contributed by atoms with van der Waals surface area (Å²) in [6.07, 6.45) is 4.29. The van der Waals surface area contributed by atoms with E-state index in [0.717, 1.165) is 19.3 Å². The zero-order chi connectivity index (χ0) is 8.97. The lowest BCUT2D eigenvalue weighted by Crippen LogP contribution is -2.06. The number of carbonyl (C=O) groups excluding carboxylic acids is 1. The predicted octanol–water partition coefficient (Wildman–Crippen LogP) is 1.61. The number of ketones is 1. The van der Waals surface area contributed by atoms with Crippen LogP contribution >= 0.6 is 0 Å². The Balaban J connectivity index is 2.14. The summed E-state index contributed by atoms with van der Waals surface area (Å²) in [4.78, 5) is 21.3. The van der Waals surface area contributed by atoms with Crippen molar-refractivity contribution in [3.05, 3.63) is 0 Å². The largest absolute Gasteiger partial charge is 0.481 e. The normalized spacial score (nSPS) is 23.0. The van der Waals surface area contributed by atoms with Crippen LogP contribution in [0.25, 0.3) is 0 Å². The van der Waals surface area contributed by atoms with Crippen LogP contribution in [-0.2, 0) is 9.59 Å². The van der Waals surface area contributed by atoms with E-state index in [-0.39, 0.29) is 12.3 Å². The second-order valence-corrected chi connectivity index (χ2v) is 3.34. The molecule has 68 valence electrons. The van der Waals surface area contributed by atoms with Gasteiger partial charge in [-0.05, 0) is 25.7 Å². The average Bonchev–Trinajstić information content (AvgIpc) is 2.36. The van der Waals surface area contributed by atoms with Crippen molar-refractivity contribution in [2.24, 2.45) is 5.92 Å². The van der Waals surface area contributed by atoms with Crippen molar-refractivity contribution in [3.8, 4) is 0 Å². The Morgan fingerprint density at radius 2 is 2.33 bits per heavy atom. The molecular weight excluding hydrogens is 156 g/mol. The molecule has 1 fully saturated rings. The summed E-state index contributed by atoms with van der Waals surface area (Å²) < 4.78 is 0. The van der Waals surface area contributed by atoms with Gasteiger partial charge in [0.25, 0.3) is 0 Å². The fraction of sp³-hybridized carbons (Fsp3) is 0.778. The molecule has 1 unspecified atom stereocenters. The van der Waals surface area contributed by atoms with Crippen LogP contribution < -0.4 is 0 Å². The van der Waals surface area contributed by atoms with Gasteiger partial charge in [-0.15, -0.1) is 0 Å². The Bertz CT molecular complexity index is 186. The van der Waals surface area contributed by atoms with E-state index in [9.17, 15) is 9.59 Å². The topological polar surface area (TPSA) is 54.4 Å². The maximum Gasteiger partial charge on any atom is 0.303 e. The molecule has 1 rings (SSSR count). The lowest BCUT2D eigenvalue weighted by atomic mass is 10.00. The minimum Gasteiger partial charge on any atom is -0.481 e. The zero-order valence-corrected chi connectivity index (χ0v) is 7.08. The molecule has 0 amide bonds. The van der Waals surface area contributed by atoms with Crippen molar-refractivity contribution in [3.63, 3.8) is 0 Å². The third-order valence-electron chi connectivity index (χ3n) is 2.37. The molecule has 1 aliphatic carbocycles. The highest BCUT2D eigenvalue weighted by Crippen LogP contribution is 2.25. The first-order valence-electron chi connectivity index (χ1n) is 4.44. The smallest absolute Gasteiger partial charge is 0.303 e. The molecular formula is C9H14O3. The summed E-state index contributed by atoms with van der Waals surface area (Å²) in [5.41, 5.74) is 0. The van der Waals surface area contributed by atoms with Crippen LogP contribution in [0, 0.1) is 5.92 Å². The molecule has 0 saturated heterocycles. The molecule has 0 aliphatic heterocycles. The van der Waals surface area contributed by atoms with Crippen LogP contribution in [0.2, 0.25) is 0 Å². The van der Waals surface area contributed by atoms with Gasteiger partial charge in [0.05, 0.1) is 0 Å². The fourth-order valence-electron chi connectivity index (χ4n) is 1.69. The van der Waals surface area contributed by atoms with Crippen LogP contribution in [0.15, 0.2) is 0 Å². The lowest BCUT2D eigenvalue weighted by molar-refractivity contribution is -0.137. The molecule has 3 nitrogen and oxygen atoms in total. The first-order chi connectivity index (χ1) is 5.70. The number of hydrogen-bond acceptors (Lipinski definition) is 2. The Kier molecular flexibility index (Phi) is 3.26. The molecule has 0 aromatic carbocycles. The van der Waals surface area contributed by atoms with Crippen LogP contribution in [0.4, 0.5) is 0 Å². The van der Waals surface area contributed by atoms with E-state index in [1.54, 1.807) is 0 Å². The maximum absolute atomic E-state index is 11.1. The van der Waals surface area contributed by atoms with Crippen LogP contribution in [0.1, 0.15) is 38.5 Å². The van der Waals surface area contributed by atoms with Gasteiger partial charge in [0.1, 0.15) is 5.78 Å². The van der Waals surface area contributed by atoms with Crippen molar-refractivity contribution in [1.29, 1.82) is 0 Å². The quantitative estimate of drug-likeness (QED) is 0.697. The van der Waals surface area contributed by atoms with Crippen molar-refractivity contribution in [2.45, 2.75) is 38.5 Å². The molecule has 0 aromatic rings. The fourth-order valence-corrected chi connectivity index (χ4v) is 1.69. The van der Waals surface area contributed by atoms with Gasteiger partial charge >= 0.3 is 5.97 Å². The summed E-state index contributed by atoms with van der Waals surface area (Å²) in [6, 6.07) is 0. The summed E-state index contributed by atoms with van der Waals surface area (Å²) in [6.45, 7) is 0. The Labute approximate surface area is 71.8 Å². The second kappa shape index (κ2) is 4.24. The molecule has 1 N–H and O–H groups in total. The SMILES string of the molecule is O=C(O)CCCC1CCCC1=O. The molecule has 1 atom stereocenters. The van der Waals surface area contributed by atoms with Crippen LogP contribution in [-0.4, -0.2) is 16.9 Å². The molecule has 1 saturated carbocycles. The van der Waals surface area contributed by atoms with Crippen molar-refractivity contribution >= 4 is 11.8 Å². The number of hydrogen-bond donors (Lipinski definition) is 1. The van der Waals surface area contributed by atoms with E-state index in [2.05, 4.69) is 0 Å². The van der Waals surface area contributed by atoms with Gasteiger partial charge in [0.15, 0.2) is 0 Å². The predicted molar refractivity (Wildman–Crippen MR) is 43.8 cm³/mol. The summed E-state index contributed by atoms with van der Waals surface area (Å²) in [7, 11) is 0. The number of carbonyl (C=O) groups is 2. The highest BCUT2D eigenvalue weighted by molar-refractivity contribution is 5.82. The highest BCUT2D eigenvalue weighted by Gasteiger charge is 2.23. The van der Waals surface area contributed by atoms with Crippen molar-refractivity contribution in [1.82, 2.24) is 0 Å². The molecule has 0 aromatic heterocycles. The lowest BCUT2D eigenvalue weighted by Gasteiger charge is -2.04. The molecule has 0 bridgehead atoms. The highest BCUT2D eigenvalue weighted by atomic mass is 16.4. The number of carboxylic acid groups (broad SMARTS) is 1. The summed E-state index contributed by atoms with van der Waals surface area (Å²) in [5, 5.41) is 8.37. The third-order valence-corrected chi connectivity index (χ3v) is 2.37. The maximum atomic E-state index is 11.1. The molecule has 0 spiro atoms. The number of rotatable bonds is 4. The number of carboxylic acids is 1. The number of aliphatic carboxylic acids is 1. The molecule has 1 aliphatic rings. The molecule has 0 radical (unpaired) electrons. The molecule has 12 heavy (non-hydrogen) atoms. The summed E-state index contributed by atoms with van der Waals surface area (Å²) >= 11 is 0. The van der Waals surface area contributed by atoms with E-state index < -0.39 is 5.97 Å². The minimum atomic E-state index is -0.763. The Morgan fingerprint density at radius 3 is 2.83 bits per heavy atom. The van der Waals surface area contributed by atoms with E-state index in [0.29, 0.717) is 18.6 Å². The van der Waals surface area contributed by atoms with E-state index >= 15 is 0 Å². The van der Waals surface area contributed by atoms with E-state index in [4.69, 9.17) is 5.11 Å². The van der Waals surface area contributed by atoms with Gasteiger partial charge in [-0.1, -0.05) is 0 Å². The van der Waals surface area contributed by atoms with Gasteiger partial charge < -0.3 is 5.11 Å². The van der Waals surface area contributed by atoms with Gasteiger partial charge in [-0.3, -0.25) is 9.59 Å². The Morgan fingerprint density at radius 1 is 1.58 bits per heavy atom. The third kappa shape index (κ3) is 2.64. The zero-order valence-electron chi connectivity index (χ0n) is 7.08. The monoisotopic (exact) mass is 170 g/mol. The average molecular weight is 170 g/mol. The van der Waals surface area contributed by atoms with E-state index in [1.807, 2.05) is 0 Å². The van der Waals surface area contributed by atoms with Gasteiger partial charge in [-0.2, -0.15) is 0 Å². The van der Waals surface area contributed by atoms with Gasteiger partial charge in [0, 0.05) is 18.8 Å². The van der Waals surface area contributed by atoms with Crippen molar-refractivity contribution in [2.75, 3.05) is 0 Å². The molecule has 0 heterocycles. The first kappa shape index (κ1) is 9.23. The minimum absolute atomic E-state index is 0.171. The molecule has 3 heteroatoms. The van der Waals surface area contributed by atoms with Crippen LogP contribution in [0.5, 0.6) is 0 Å². The Hall–Kier alpha value is -0.860. The van der Waals surface area contributed by atoms with Crippen molar-refractivity contribution < 1.29 is 14.7 Å². The first-order valence-corrected chi connectivity index (χ1v) is 4.44. The second-order valence-electron chi connectivity index (χ2n) is 3.34. The summed E-state index contributed by atoms with van der Waals surface area (Å²) in [5.74, 6) is -0.259. The van der Waals surface area contributed by atoms with Gasteiger partial charge in [-0.25, -0.2) is 0 Å². The van der Waals surface area contributed by atoms with E-state index in [1.165, 1.54) is 0 Å². The standard InChI is InChI=1S/C9H14O3/c10-8-5-1-3-7(8)4-2-6-9(11)12/h7H,1-6H2,(H,11,12). The van der Waals surface area contributed by atoms with Gasteiger partial charge in [0.2, 0.25) is 0 Å². The van der Waals surface area contributed by atoms with Crippen LogP contribution in [0.3, 0.4) is 0 Å². The number of Topliss-reactive ketones (excluding diaryl/α,β-unsaturated/α-hetero) is 1.